The predicted molar refractivity (Wildman–Crippen MR) is 132 cm³/mol. The van der Waals surface area contributed by atoms with Crippen LogP contribution in [0.4, 0.5) is 4.79 Å². The van der Waals surface area contributed by atoms with Gasteiger partial charge in [-0.05, 0) is 68.8 Å². The maximum Gasteiger partial charge on any atom is 0.410 e. The number of piperazine rings is 1. The molecule has 1 amide bonds. The Morgan fingerprint density at radius 2 is 1.82 bits per heavy atom. The Morgan fingerprint density at radius 3 is 2.48 bits per heavy atom. The average Bonchev–Trinajstić information content (AvgIpc) is 2.74. The number of fused-ring (bicyclic) bond motifs is 1. The molecule has 4 rings (SSSR count). The quantitative estimate of drug-likeness (QED) is 0.617. The van der Waals surface area contributed by atoms with Crippen molar-refractivity contribution in [3.63, 3.8) is 0 Å². The van der Waals surface area contributed by atoms with Crippen LogP contribution in [0.1, 0.15) is 38.8 Å². The number of aromatic amines is 1. The number of H-pyrrole nitrogens is 1. The summed E-state index contributed by atoms with van der Waals surface area (Å²) in [6.07, 6.45) is -0.237. The number of amides is 1. The molecule has 6 heteroatoms. The summed E-state index contributed by atoms with van der Waals surface area (Å²) >= 11 is 0. The topological polar surface area (TPSA) is 65.6 Å². The molecule has 1 aliphatic heterocycles. The van der Waals surface area contributed by atoms with E-state index in [1.807, 2.05) is 50.8 Å². The van der Waals surface area contributed by atoms with Crippen molar-refractivity contribution in [2.75, 3.05) is 19.6 Å². The fourth-order valence-electron chi connectivity index (χ4n) is 4.41. The smallest absolute Gasteiger partial charge is 0.410 e. The molecule has 1 unspecified atom stereocenters. The number of aromatic nitrogens is 1. The number of rotatable bonds is 3. The lowest BCUT2D eigenvalue weighted by molar-refractivity contribution is 0.000561. The third-order valence-electron chi connectivity index (χ3n) is 6.12. The minimum Gasteiger partial charge on any atom is -0.444 e. The fraction of sp³-hybridized carbons (Fsp3) is 0.407. The van der Waals surface area contributed by atoms with E-state index in [9.17, 15) is 9.59 Å². The van der Waals surface area contributed by atoms with Crippen LogP contribution in [0.2, 0.25) is 0 Å². The zero-order valence-electron chi connectivity index (χ0n) is 20.1. The van der Waals surface area contributed by atoms with Crippen LogP contribution in [-0.2, 0) is 11.3 Å². The standard InChI is InChI=1S/C27H33N3O3/c1-18-7-6-8-22-23(18)15-24(28-25(22)31)21-11-9-20(10-12-21)17-29-13-14-30(19(2)16-29)26(32)33-27(3,4)5/h6-12,15,19H,13-14,16-17H2,1-5H3,(H,28,31). The highest BCUT2D eigenvalue weighted by Gasteiger charge is 2.30. The van der Waals surface area contributed by atoms with Gasteiger partial charge < -0.3 is 14.6 Å². The third kappa shape index (κ3) is 5.28. The van der Waals surface area contributed by atoms with Gasteiger partial charge in [0.15, 0.2) is 0 Å². The first kappa shape index (κ1) is 23.1. The Morgan fingerprint density at radius 1 is 1.09 bits per heavy atom. The molecule has 1 fully saturated rings. The number of carbonyl (C=O) groups is 1. The molecular formula is C27H33N3O3. The summed E-state index contributed by atoms with van der Waals surface area (Å²) in [5, 5.41) is 1.70. The monoisotopic (exact) mass is 447 g/mol. The van der Waals surface area contributed by atoms with Crippen molar-refractivity contribution in [3.05, 3.63) is 70.0 Å². The second-order valence-electron chi connectivity index (χ2n) is 10.0. The molecule has 1 saturated heterocycles. The number of nitrogens with zero attached hydrogens (tertiary/aromatic N) is 2. The van der Waals surface area contributed by atoms with Crippen molar-refractivity contribution in [1.29, 1.82) is 0 Å². The summed E-state index contributed by atoms with van der Waals surface area (Å²) < 4.78 is 5.54. The number of benzene rings is 2. The normalized spacial score (nSPS) is 17.4. The van der Waals surface area contributed by atoms with Crippen LogP contribution < -0.4 is 5.56 Å². The van der Waals surface area contributed by atoms with Crippen LogP contribution in [0.3, 0.4) is 0 Å². The highest BCUT2D eigenvalue weighted by atomic mass is 16.6. The number of ether oxygens (including phenoxy) is 1. The molecule has 1 aliphatic rings. The molecule has 0 saturated carbocycles. The molecule has 2 heterocycles. The van der Waals surface area contributed by atoms with E-state index in [0.29, 0.717) is 6.54 Å². The molecule has 1 aromatic heterocycles. The van der Waals surface area contributed by atoms with E-state index in [2.05, 4.69) is 47.1 Å². The van der Waals surface area contributed by atoms with Gasteiger partial charge in [0, 0.05) is 43.3 Å². The minimum absolute atomic E-state index is 0.0628. The van der Waals surface area contributed by atoms with Crippen molar-refractivity contribution in [3.8, 4) is 11.3 Å². The summed E-state index contributed by atoms with van der Waals surface area (Å²) in [6, 6.07) is 16.3. The van der Waals surface area contributed by atoms with E-state index in [1.165, 1.54) is 5.56 Å². The summed E-state index contributed by atoms with van der Waals surface area (Å²) in [7, 11) is 0. The lowest BCUT2D eigenvalue weighted by Crippen LogP contribution is -2.54. The molecule has 0 radical (unpaired) electrons. The van der Waals surface area contributed by atoms with Gasteiger partial charge in [0.05, 0.1) is 0 Å². The van der Waals surface area contributed by atoms with Gasteiger partial charge in [-0.1, -0.05) is 36.4 Å². The van der Waals surface area contributed by atoms with Crippen LogP contribution in [0.25, 0.3) is 22.0 Å². The largest absolute Gasteiger partial charge is 0.444 e. The third-order valence-corrected chi connectivity index (χ3v) is 6.12. The second-order valence-corrected chi connectivity index (χ2v) is 10.0. The molecule has 33 heavy (non-hydrogen) atoms. The zero-order chi connectivity index (χ0) is 23.8. The van der Waals surface area contributed by atoms with Gasteiger partial charge in [-0.3, -0.25) is 9.69 Å². The van der Waals surface area contributed by atoms with E-state index in [-0.39, 0.29) is 17.7 Å². The Labute approximate surface area is 195 Å². The summed E-state index contributed by atoms with van der Waals surface area (Å²) in [6.45, 7) is 12.9. The van der Waals surface area contributed by atoms with Gasteiger partial charge in [0.2, 0.25) is 0 Å². The van der Waals surface area contributed by atoms with E-state index in [0.717, 1.165) is 47.2 Å². The molecule has 6 nitrogen and oxygen atoms in total. The summed E-state index contributed by atoms with van der Waals surface area (Å²) in [5.41, 5.74) is 3.57. The highest BCUT2D eigenvalue weighted by Crippen LogP contribution is 2.23. The van der Waals surface area contributed by atoms with Gasteiger partial charge in [0.25, 0.3) is 5.56 Å². The molecule has 2 aromatic carbocycles. The van der Waals surface area contributed by atoms with Crippen molar-refractivity contribution < 1.29 is 9.53 Å². The molecule has 0 spiro atoms. The molecule has 174 valence electrons. The van der Waals surface area contributed by atoms with Crippen LogP contribution in [0.15, 0.2) is 53.3 Å². The maximum absolute atomic E-state index is 12.5. The lowest BCUT2D eigenvalue weighted by atomic mass is 10.0. The van der Waals surface area contributed by atoms with Crippen molar-refractivity contribution in [2.45, 2.75) is 52.8 Å². The first-order valence-electron chi connectivity index (χ1n) is 11.5. The maximum atomic E-state index is 12.5. The molecule has 0 bridgehead atoms. The average molecular weight is 448 g/mol. The van der Waals surface area contributed by atoms with Gasteiger partial charge in [-0.2, -0.15) is 0 Å². The number of carbonyl (C=O) groups excluding carboxylic acids is 1. The minimum atomic E-state index is -0.482. The summed E-state index contributed by atoms with van der Waals surface area (Å²) in [4.78, 5) is 32.2. The van der Waals surface area contributed by atoms with Crippen LogP contribution >= 0.6 is 0 Å². The van der Waals surface area contributed by atoms with Gasteiger partial charge >= 0.3 is 6.09 Å². The van der Waals surface area contributed by atoms with Gasteiger partial charge in [0.1, 0.15) is 5.60 Å². The van der Waals surface area contributed by atoms with Crippen LogP contribution in [0.5, 0.6) is 0 Å². The van der Waals surface area contributed by atoms with E-state index < -0.39 is 5.60 Å². The SMILES string of the molecule is Cc1cccc2c(=O)[nH]c(-c3ccc(CN4CCN(C(=O)OC(C)(C)C)C(C)C4)cc3)cc12. The second kappa shape index (κ2) is 9.02. The number of pyridine rings is 1. The van der Waals surface area contributed by atoms with Gasteiger partial charge in [-0.25, -0.2) is 4.79 Å². The summed E-state index contributed by atoms with van der Waals surface area (Å²) in [5.74, 6) is 0. The van der Waals surface area contributed by atoms with Crippen molar-refractivity contribution in [1.82, 2.24) is 14.8 Å². The molecule has 1 N–H and O–H groups in total. The van der Waals surface area contributed by atoms with Crippen molar-refractivity contribution >= 4 is 16.9 Å². The fourth-order valence-corrected chi connectivity index (χ4v) is 4.41. The molecular weight excluding hydrogens is 414 g/mol. The predicted octanol–water partition coefficient (Wildman–Crippen LogP) is 4.94. The van der Waals surface area contributed by atoms with E-state index in [1.54, 1.807) is 0 Å². The highest BCUT2D eigenvalue weighted by molar-refractivity contribution is 5.87. The number of nitrogens with one attached hydrogen (secondary N) is 1. The van der Waals surface area contributed by atoms with Crippen LogP contribution in [-0.4, -0.2) is 52.2 Å². The van der Waals surface area contributed by atoms with Crippen LogP contribution in [0, 0.1) is 6.92 Å². The van der Waals surface area contributed by atoms with Gasteiger partial charge in [-0.15, -0.1) is 0 Å². The first-order valence-corrected chi connectivity index (χ1v) is 11.5. The lowest BCUT2D eigenvalue weighted by Gasteiger charge is -2.40. The number of hydrogen-bond donors (Lipinski definition) is 1. The number of aryl methyl sites for hydroxylation is 1. The molecule has 1 atom stereocenters. The first-order chi connectivity index (χ1) is 15.6. The Hall–Kier alpha value is -3.12. The Bertz CT molecular complexity index is 1210. The van der Waals surface area contributed by atoms with E-state index >= 15 is 0 Å². The number of hydrogen-bond acceptors (Lipinski definition) is 4. The molecule has 0 aliphatic carbocycles. The van der Waals surface area contributed by atoms with E-state index in [4.69, 9.17) is 4.74 Å². The molecule has 3 aromatic rings. The Balaban J connectivity index is 1.43. The zero-order valence-corrected chi connectivity index (χ0v) is 20.1. The Kier molecular flexibility index (Phi) is 6.30. The van der Waals surface area contributed by atoms with Crippen molar-refractivity contribution in [2.24, 2.45) is 0 Å².